The Hall–Kier alpha value is -2.59. The van der Waals surface area contributed by atoms with Crippen LogP contribution in [0, 0.1) is 0 Å². The van der Waals surface area contributed by atoms with E-state index in [0.29, 0.717) is 0 Å². The minimum absolute atomic E-state index is 0. The van der Waals surface area contributed by atoms with Crippen molar-refractivity contribution in [2.24, 2.45) is 0 Å². The average Bonchev–Trinajstić information content (AvgIpc) is 2.41. The maximum Gasteiger partial charge on any atom is 2.00 e. The number of rotatable bonds is 2. The van der Waals surface area contributed by atoms with Crippen molar-refractivity contribution in [2.75, 3.05) is 0 Å². The minimum atomic E-state index is -1.19. The Labute approximate surface area is 113 Å². The molecule has 19 heavy (non-hydrogen) atoms. The van der Waals surface area contributed by atoms with Crippen molar-refractivity contribution in [3.8, 4) is 0 Å². The van der Waals surface area contributed by atoms with E-state index in [0.717, 1.165) is 0 Å². The average molecular weight is 253 g/mol. The Morgan fingerprint density at radius 3 is 1.37 bits per heavy atom. The Kier molecular flexibility index (Phi) is 7.33. The van der Waals surface area contributed by atoms with Gasteiger partial charge in [-0.15, -0.1) is 0 Å². The van der Waals surface area contributed by atoms with Crippen LogP contribution in [0.25, 0.3) is 0 Å². The molecule has 0 radical (unpaired) electrons. The van der Waals surface area contributed by atoms with Gasteiger partial charge in [0.05, 0.1) is 11.9 Å². The van der Waals surface area contributed by atoms with Crippen LogP contribution in [0.3, 0.4) is 0 Å². The Morgan fingerprint density at radius 1 is 0.842 bits per heavy atom. The summed E-state index contributed by atoms with van der Waals surface area (Å²) in [4.78, 5) is 27.3. The third kappa shape index (κ3) is 6.04. The van der Waals surface area contributed by atoms with E-state index in [1.165, 1.54) is 36.9 Å². The van der Waals surface area contributed by atoms with E-state index in [4.69, 9.17) is 0 Å². The number of carbonyl (C=O) groups excluding carboxylic acids is 2. The van der Waals surface area contributed by atoms with E-state index in [9.17, 15) is 19.8 Å². The van der Waals surface area contributed by atoms with Crippen molar-refractivity contribution in [2.45, 2.75) is 0 Å². The predicted molar refractivity (Wildman–Crippen MR) is 62.9 cm³/mol. The van der Waals surface area contributed by atoms with Crippen LogP contribution >= 0.6 is 0 Å². The summed E-state index contributed by atoms with van der Waals surface area (Å²) in [5.74, 6) is -2.38. The van der Waals surface area contributed by atoms with E-state index >= 15 is 0 Å². The van der Waals surface area contributed by atoms with E-state index in [1.54, 1.807) is 12.1 Å². The summed E-state index contributed by atoms with van der Waals surface area (Å²) >= 11 is 0. The predicted octanol–water partition coefficient (Wildman–Crippen LogP) is -1.49. The molecule has 7 heteroatoms. The third-order valence-electron chi connectivity index (χ3n) is 1.79. The van der Waals surface area contributed by atoms with Gasteiger partial charge in [-0.2, -0.15) is 0 Å². The largest absolute Gasteiger partial charge is 2.00 e. The molecule has 0 aliphatic carbocycles. The maximum absolute atomic E-state index is 10.0. The molecular formula is C12H8BeN2O4. The molecule has 2 aromatic rings. The molecule has 92 valence electrons. The number of hydrogen-bond acceptors (Lipinski definition) is 6. The first-order valence-electron chi connectivity index (χ1n) is 4.84. The van der Waals surface area contributed by atoms with Gasteiger partial charge in [0, 0.05) is 35.9 Å². The Bertz CT molecular complexity index is 470. The van der Waals surface area contributed by atoms with Gasteiger partial charge >= 0.3 is 10.1 Å². The number of carboxylic acids is 2. The van der Waals surface area contributed by atoms with Crippen LogP contribution in [0.1, 0.15) is 20.7 Å². The molecule has 2 rings (SSSR count). The summed E-state index contributed by atoms with van der Waals surface area (Å²) in [6.07, 6.45) is 5.50. The van der Waals surface area contributed by atoms with Crippen LogP contribution in [0.4, 0.5) is 0 Å². The second kappa shape index (κ2) is 8.49. The van der Waals surface area contributed by atoms with E-state index in [2.05, 4.69) is 9.97 Å². The first-order chi connectivity index (χ1) is 8.61. The quantitative estimate of drug-likeness (QED) is 0.603. The molecule has 0 aromatic carbocycles. The fraction of sp³-hybridized carbons (Fsp3) is 0. The van der Waals surface area contributed by atoms with E-state index in [1.807, 2.05) is 0 Å². The summed E-state index contributed by atoms with van der Waals surface area (Å²) in [5, 5.41) is 20.1. The molecule has 0 saturated carbocycles. The van der Waals surface area contributed by atoms with Crippen molar-refractivity contribution in [1.82, 2.24) is 9.97 Å². The summed E-state index contributed by atoms with van der Waals surface area (Å²) in [6.45, 7) is 0. The number of pyridine rings is 2. The van der Waals surface area contributed by atoms with Crippen LogP contribution in [0.2, 0.25) is 0 Å². The van der Waals surface area contributed by atoms with E-state index in [-0.39, 0.29) is 21.2 Å². The van der Waals surface area contributed by atoms with Crippen molar-refractivity contribution in [3.63, 3.8) is 0 Å². The van der Waals surface area contributed by atoms with Gasteiger partial charge in [0.2, 0.25) is 0 Å². The van der Waals surface area contributed by atoms with E-state index < -0.39 is 11.9 Å². The van der Waals surface area contributed by atoms with Gasteiger partial charge in [0.15, 0.2) is 0 Å². The molecule has 0 atom stereocenters. The molecule has 0 aliphatic rings. The first kappa shape index (κ1) is 16.4. The molecule has 6 nitrogen and oxygen atoms in total. The zero-order chi connectivity index (χ0) is 13.4. The van der Waals surface area contributed by atoms with Crippen LogP contribution in [0.15, 0.2) is 49.1 Å². The Morgan fingerprint density at radius 2 is 1.21 bits per heavy atom. The zero-order valence-corrected chi connectivity index (χ0v) is 9.85. The minimum Gasteiger partial charge on any atom is -0.545 e. The van der Waals surface area contributed by atoms with Gasteiger partial charge in [-0.05, 0) is 12.1 Å². The second-order valence-electron chi connectivity index (χ2n) is 3.06. The smallest absolute Gasteiger partial charge is 0.545 e. The van der Waals surface area contributed by atoms with Crippen LogP contribution in [-0.4, -0.2) is 32.0 Å². The molecule has 2 aromatic heterocycles. The van der Waals surface area contributed by atoms with Crippen molar-refractivity contribution >= 4 is 22.1 Å². The summed E-state index contributed by atoms with van der Waals surface area (Å²) in [7, 11) is 0. The SMILES string of the molecule is O=C([O-])c1cccnc1.O=C([O-])c1cccnc1.[Be+2]. The third-order valence-corrected chi connectivity index (χ3v) is 1.79. The monoisotopic (exact) mass is 253 g/mol. The number of hydrogen-bond donors (Lipinski definition) is 0. The maximum atomic E-state index is 10.0. The molecule has 0 N–H and O–H groups in total. The van der Waals surface area contributed by atoms with Gasteiger partial charge in [-0.25, -0.2) is 0 Å². The van der Waals surface area contributed by atoms with Crippen LogP contribution in [0.5, 0.6) is 0 Å². The first-order valence-corrected chi connectivity index (χ1v) is 4.84. The topological polar surface area (TPSA) is 106 Å². The fourth-order valence-corrected chi connectivity index (χ4v) is 0.967. The molecule has 0 spiro atoms. The second-order valence-corrected chi connectivity index (χ2v) is 3.06. The zero-order valence-electron chi connectivity index (χ0n) is 9.85. The number of carbonyl (C=O) groups is 2. The number of carboxylic acid groups (broad SMARTS) is 2. The molecular weight excluding hydrogens is 245 g/mol. The Balaban J connectivity index is 0.000000324. The van der Waals surface area contributed by atoms with Crippen molar-refractivity contribution in [1.29, 1.82) is 0 Å². The molecule has 0 amide bonds. The fourth-order valence-electron chi connectivity index (χ4n) is 0.967. The number of aromatic nitrogens is 2. The van der Waals surface area contributed by atoms with Crippen molar-refractivity contribution < 1.29 is 19.8 Å². The summed E-state index contributed by atoms with van der Waals surface area (Å²) in [5.41, 5.74) is 0.218. The molecule has 0 fully saturated rings. The molecule has 0 bridgehead atoms. The van der Waals surface area contributed by atoms with Gasteiger partial charge in [-0.3, -0.25) is 9.97 Å². The summed E-state index contributed by atoms with van der Waals surface area (Å²) < 4.78 is 0. The van der Waals surface area contributed by atoms with Crippen molar-refractivity contribution in [3.05, 3.63) is 60.2 Å². The normalized spacial score (nSPS) is 8.42. The number of nitrogens with zero attached hydrogens (tertiary/aromatic N) is 2. The van der Waals surface area contributed by atoms with Gasteiger partial charge in [0.1, 0.15) is 0 Å². The van der Waals surface area contributed by atoms with Crippen LogP contribution in [-0.2, 0) is 0 Å². The summed E-state index contributed by atoms with van der Waals surface area (Å²) in [6, 6.07) is 5.96. The molecule has 2 heterocycles. The molecule has 0 saturated heterocycles. The standard InChI is InChI=1S/2C6H5NO2.Be/c2*8-6(9)5-2-1-3-7-4-5;/h2*1-4H,(H,8,9);/q;;+2/p-2. The molecule has 0 unspecified atom stereocenters. The number of aromatic carboxylic acids is 2. The molecule has 0 aliphatic heterocycles. The van der Waals surface area contributed by atoms with Gasteiger partial charge in [0.25, 0.3) is 0 Å². The van der Waals surface area contributed by atoms with Gasteiger partial charge in [-0.1, -0.05) is 12.1 Å². The van der Waals surface area contributed by atoms with Crippen LogP contribution < -0.4 is 10.2 Å². The van der Waals surface area contributed by atoms with Gasteiger partial charge < -0.3 is 19.8 Å².